The zero-order valence-corrected chi connectivity index (χ0v) is 9.70. The molecular weight excluding hydrogens is 262 g/mol. The standard InChI is InChI=1S/C9H12BrN3O2/c1-2-4-13-9(15)8(10)7(6-12-13)11-3-5-14/h2,6,11,14H,1,3-5H2. The molecule has 82 valence electrons. The van der Waals surface area contributed by atoms with Gasteiger partial charge in [0.15, 0.2) is 0 Å². The molecule has 1 aromatic heterocycles. The molecule has 1 heterocycles. The lowest BCUT2D eigenvalue weighted by Gasteiger charge is -2.07. The lowest BCUT2D eigenvalue weighted by atomic mass is 10.4. The Hall–Kier alpha value is -1.14. The average Bonchev–Trinajstić information content (AvgIpc) is 2.24. The van der Waals surface area contributed by atoms with Crippen LogP contribution >= 0.6 is 15.9 Å². The number of nitrogens with zero attached hydrogens (tertiary/aromatic N) is 2. The second-order valence-corrected chi connectivity index (χ2v) is 3.59. The number of aliphatic hydroxyl groups excluding tert-OH is 1. The van der Waals surface area contributed by atoms with Crippen molar-refractivity contribution in [3.8, 4) is 0 Å². The topological polar surface area (TPSA) is 67.2 Å². The average molecular weight is 274 g/mol. The van der Waals surface area contributed by atoms with E-state index in [9.17, 15) is 4.79 Å². The first kappa shape index (κ1) is 11.9. The van der Waals surface area contributed by atoms with Gasteiger partial charge in [-0.05, 0) is 15.9 Å². The second-order valence-electron chi connectivity index (χ2n) is 2.80. The smallest absolute Gasteiger partial charge is 0.283 e. The van der Waals surface area contributed by atoms with E-state index in [1.807, 2.05) is 0 Å². The van der Waals surface area contributed by atoms with Gasteiger partial charge in [0.2, 0.25) is 0 Å². The van der Waals surface area contributed by atoms with Crippen molar-refractivity contribution < 1.29 is 5.11 Å². The van der Waals surface area contributed by atoms with E-state index in [0.29, 0.717) is 23.2 Å². The molecule has 0 bridgehead atoms. The van der Waals surface area contributed by atoms with Gasteiger partial charge in [0.25, 0.3) is 5.56 Å². The molecule has 0 aliphatic heterocycles. The quantitative estimate of drug-likeness (QED) is 0.771. The first-order valence-corrected chi connectivity index (χ1v) is 5.21. The minimum atomic E-state index is -0.224. The number of hydrogen-bond donors (Lipinski definition) is 2. The lowest BCUT2D eigenvalue weighted by Crippen LogP contribution is -2.24. The summed E-state index contributed by atoms with van der Waals surface area (Å²) in [5, 5.41) is 15.4. The lowest BCUT2D eigenvalue weighted by molar-refractivity contribution is 0.311. The fraction of sp³-hybridized carbons (Fsp3) is 0.333. The minimum absolute atomic E-state index is 0.00217. The summed E-state index contributed by atoms with van der Waals surface area (Å²) < 4.78 is 1.70. The number of anilines is 1. The predicted octanol–water partition coefficient (Wildman–Crippen LogP) is 0.596. The number of rotatable bonds is 5. The van der Waals surface area contributed by atoms with Crippen molar-refractivity contribution in [3.63, 3.8) is 0 Å². The van der Waals surface area contributed by atoms with Gasteiger partial charge in [-0.1, -0.05) is 6.08 Å². The third kappa shape index (κ3) is 2.90. The Kier molecular flexibility index (Phi) is 4.51. The predicted molar refractivity (Wildman–Crippen MR) is 62.0 cm³/mol. The van der Waals surface area contributed by atoms with Crippen LogP contribution in [-0.4, -0.2) is 28.0 Å². The second kappa shape index (κ2) is 5.67. The Morgan fingerprint density at radius 2 is 2.47 bits per heavy atom. The first-order chi connectivity index (χ1) is 7.20. The molecule has 0 spiro atoms. The summed E-state index contributed by atoms with van der Waals surface area (Å²) in [6.45, 7) is 4.29. The van der Waals surface area contributed by atoms with Crippen molar-refractivity contribution >= 4 is 21.6 Å². The van der Waals surface area contributed by atoms with Crippen molar-refractivity contribution in [1.82, 2.24) is 9.78 Å². The van der Waals surface area contributed by atoms with Crippen LogP contribution in [-0.2, 0) is 6.54 Å². The highest BCUT2D eigenvalue weighted by molar-refractivity contribution is 9.10. The number of aromatic nitrogens is 2. The van der Waals surface area contributed by atoms with Gasteiger partial charge in [-0.25, -0.2) is 4.68 Å². The van der Waals surface area contributed by atoms with Gasteiger partial charge in [-0.15, -0.1) is 6.58 Å². The molecule has 0 amide bonds. The maximum absolute atomic E-state index is 11.6. The van der Waals surface area contributed by atoms with Gasteiger partial charge in [0.05, 0.1) is 25.0 Å². The van der Waals surface area contributed by atoms with Crippen molar-refractivity contribution in [2.24, 2.45) is 0 Å². The molecule has 0 atom stereocenters. The van der Waals surface area contributed by atoms with E-state index in [4.69, 9.17) is 5.11 Å². The van der Waals surface area contributed by atoms with E-state index in [1.54, 1.807) is 6.08 Å². The molecule has 0 aliphatic carbocycles. The minimum Gasteiger partial charge on any atom is -0.395 e. The molecule has 2 N–H and O–H groups in total. The van der Waals surface area contributed by atoms with Gasteiger partial charge < -0.3 is 10.4 Å². The summed E-state index contributed by atoms with van der Waals surface area (Å²) in [5.41, 5.74) is 0.354. The highest BCUT2D eigenvalue weighted by Crippen LogP contribution is 2.15. The Morgan fingerprint density at radius 3 is 3.07 bits per heavy atom. The largest absolute Gasteiger partial charge is 0.395 e. The zero-order chi connectivity index (χ0) is 11.3. The molecule has 0 fully saturated rings. The van der Waals surface area contributed by atoms with Crippen molar-refractivity contribution in [2.75, 3.05) is 18.5 Å². The van der Waals surface area contributed by atoms with Gasteiger partial charge in [-0.3, -0.25) is 4.79 Å². The molecule has 5 nitrogen and oxygen atoms in total. The van der Waals surface area contributed by atoms with Gasteiger partial charge >= 0.3 is 0 Å². The number of nitrogens with one attached hydrogen (secondary N) is 1. The number of hydrogen-bond acceptors (Lipinski definition) is 4. The van der Waals surface area contributed by atoms with E-state index in [1.165, 1.54) is 10.9 Å². The summed E-state index contributed by atoms with van der Waals surface area (Å²) >= 11 is 3.18. The fourth-order valence-electron chi connectivity index (χ4n) is 1.03. The molecule has 0 saturated carbocycles. The van der Waals surface area contributed by atoms with Crippen LogP contribution in [0.25, 0.3) is 0 Å². The first-order valence-electron chi connectivity index (χ1n) is 4.42. The maximum atomic E-state index is 11.6. The summed E-state index contributed by atoms with van der Waals surface area (Å²) in [5.74, 6) is 0. The van der Waals surface area contributed by atoms with E-state index in [0.717, 1.165) is 0 Å². The number of allylic oxidation sites excluding steroid dienone is 1. The molecule has 0 aromatic carbocycles. The van der Waals surface area contributed by atoms with Crippen molar-refractivity contribution in [1.29, 1.82) is 0 Å². The van der Waals surface area contributed by atoms with Crippen LogP contribution in [0.1, 0.15) is 0 Å². The number of halogens is 1. The van der Waals surface area contributed by atoms with Crippen LogP contribution in [0.15, 0.2) is 28.1 Å². The van der Waals surface area contributed by atoms with Crippen LogP contribution in [0.3, 0.4) is 0 Å². The molecule has 1 rings (SSSR count). The molecule has 0 aliphatic rings. The van der Waals surface area contributed by atoms with Gasteiger partial charge in [0.1, 0.15) is 4.47 Å². The maximum Gasteiger partial charge on any atom is 0.283 e. The molecule has 0 saturated heterocycles. The summed E-state index contributed by atoms with van der Waals surface area (Å²) in [4.78, 5) is 11.6. The third-order valence-corrected chi connectivity index (χ3v) is 2.48. The Morgan fingerprint density at radius 1 is 1.73 bits per heavy atom. The normalized spacial score (nSPS) is 10.0. The van der Waals surface area contributed by atoms with E-state index in [2.05, 4.69) is 32.9 Å². The van der Waals surface area contributed by atoms with Gasteiger partial charge in [0, 0.05) is 6.54 Å². The molecule has 0 unspecified atom stereocenters. The van der Waals surface area contributed by atoms with Crippen LogP contribution in [0.5, 0.6) is 0 Å². The fourth-order valence-corrected chi connectivity index (χ4v) is 1.48. The number of aliphatic hydroxyl groups is 1. The van der Waals surface area contributed by atoms with Crippen molar-refractivity contribution in [2.45, 2.75) is 6.54 Å². The van der Waals surface area contributed by atoms with E-state index < -0.39 is 0 Å². The van der Waals surface area contributed by atoms with E-state index in [-0.39, 0.29) is 12.2 Å². The summed E-state index contributed by atoms with van der Waals surface area (Å²) in [7, 11) is 0. The highest BCUT2D eigenvalue weighted by Gasteiger charge is 2.06. The SMILES string of the molecule is C=CCn1ncc(NCCO)c(Br)c1=O. The van der Waals surface area contributed by atoms with Crippen molar-refractivity contribution in [3.05, 3.63) is 33.7 Å². The Bertz CT molecular complexity index is 403. The van der Waals surface area contributed by atoms with E-state index >= 15 is 0 Å². The third-order valence-electron chi connectivity index (χ3n) is 1.71. The zero-order valence-electron chi connectivity index (χ0n) is 8.11. The highest BCUT2D eigenvalue weighted by atomic mass is 79.9. The molecule has 6 heteroatoms. The van der Waals surface area contributed by atoms with Crippen LogP contribution in [0, 0.1) is 0 Å². The Balaban J connectivity index is 2.99. The Labute approximate surface area is 95.6 Å². The molecule has 15 heavy (non-hydrogen) atoms. The molecular formula is C9H12BrN3O2. The molecule has 0 radical (unpaired) electrons. The van der Waals surface area contributed by atoms with Gasteiger partial charge in [-0.2, -0.15) is 5.10 Å². The van der Waals surface area contributed by atoms with Crippen LogP contribution in [0.2, 0.25) is 0 Å². The van der Waals surface area contributed by atoms with Crippen LogP contribution in [0.4, 0.5) is 5.69 Å². The summed E-state index contributed by atoms with van der Waals surface area (Å²) in [6.07, 6.45) is 3.13. The monoisotopic (exact) mass is 273 g/mol. The molecule has 1 aromatic rings. The van der Waals surface area contributed by atoms with Crippen LogP contribution < -0.4 is 10.9 Å². The summed E-state index contributed by atoms with van der Waals surface area (Å²) in [6, 6.07) is 0.